The van der Waals surface area contributed by atoms with Gasteiger partial charge in [0.15, 0.2) is 5.78 Å². The predicted molar refractivity (Wildman–Crippen MR) is 39.9 cm³/mol. The molecule has 62 valence electrons. The monoisotopic (exact) mass is 156 g/mol. The van der Waals surface area contributed by atoms with E-state index >= 15 is 0 Å². The van der Waals surface area contributed by atoms with E-state index in [9.17, 15) is 9.59 Å². The third-order valence-electron chi connectivity index (χ3n) is 1.88. The van der Waals surface area contributed by atoms with Gasteiger partial charge in [-0.3, -0.25) is 9.59 Å². The number of likely N-dealkylation sites (tertiary alicyclic amines) is 1. The van der Waals surface area contributed by atoms with Crippen molar-refractivity contribution in [2.24, 2.45) is 5.73 Å². The molecule has 11 heavy (non-hydrogen) atoms. The molecule has 1 atom stereocenters. The second-order valence-electron chi connectivity index (χ2n) is 2.79. The molecule has 1 heterocycles. The molecule has 0 aromatic heterocycles. The van der Waals surface area contributed by atoms with Crippen molar-refractivity contribution in [2.45, 2.75) is 18.9 Å². The van der Waals surface area contributed by atoms with Crippen LogP contribution in [0.4, 0.5) is 0 Å². The second-order valence-corrected chi connectivity index (χ2v) is 2.79. The van der Waals surface area contributed by atoms with E-state index in [0.717, 1.165) is 6.42 Å². The zero-order chi connectivity index (χ0) is 8.27. The summed E-state index contributed by atoms with van der Waals surface area (Å²) in [5.74, 6) is -0.0328. The van der Waals surface area contributed by atoms with Crippen molar-refractivity contribution in [1.29, 1.82) is 0 Å². The number of ketones is 1. The first-order chi connectivity index (χ1) is 5.24. The van der Waals surface area contributed by atoms with E-state index < -0.39 is 0 Å². The molecule has 1 rings (SSSR count). The molecule has 0 saturated carbocycles. The van der Waals surface area contributed by atoms with Gasteiger partial charge in [-0.2, -0.15) is 0 Å². The fourth-order valence-corrected chi connectivity index (χ4v) is 1.16. The van der Waals surface area contributed by atoms with E-state index in [1.165, 1.54) is 4.90 Å². The van der Waals surface area contributed by atoms with E-state index in [0.29, 0.717) is 19.4 Å². The van der Waals surface area contributed by atoms with E-state index in [1.54, 1.807) is 0 Å². The summed E-state index contributed by atoms with van der Waals surface area (Å²) in [5, 5.41) is 0. The maximum Gasteiger partial charge on any atom is 0.210 e. The Morgan fingerprint density at radius 3 is 3.00 bits per heavy atom. The molecule has 4 nitrogen and oxygen atoms in total. The lowest BCUT2D eigenvalue weighted by molar-refractivity contribution is -0.126. The van der Waals surface area contributed by atoms with Crippen LogP contribution in [0.1, 0.15) is 12.8 Å². The molecule has 0 bridgehead atoms. The average molecular weight is 156 g/mol. The van der Waals surface area contributed by atoms with E-state index in [4.69, 9.17) is 5.73 Å². The van der Waals surface area contributed by atoms with Gasteiger partial charge in [-0.15, -0.1) is 0 Å². The zero-order valence-corrected chi connectivity index (χ0v) is 6.32. The van der Waals surface area contributed by atoms with Crippen LogP contribution in [0.5, 0.6) is 0 Å². The number of carbonyl (C=O) groups excluding carboxylic acids is 2. The average Bonchev–Trinajstić information content (AvgIpc) is 2.15. The molecule has 0 aliphatic carbocycles. The van der Waals surface area contributed by atoms with Crippen molar-refractivity contribution in [2.75, 3.05) is 13.1 Å². The summed E-state index contributed by atoms with van der Waals surface area (Å²) in [6.07, 6.45) is 2.23. The molecule has 1 unspecified atom stereocenters. The summed E-state index contributed by atoms with van der Waals surface area (Å²) < 4.78 is 0. The SMILES string of the molecule is NC1CCCN(C=O)CC1=O. The summed E-state index contributed by atoms with van der Waals surface area (Å²) in [6.45, 7) is 0.841. The van der Waals surface area contributed by atoms with Gasteiger partial charge in [0.25, 0.3) is 0 Å². The number of hydrogen-bond donors (Lipinski definition) is 1. The highest BCUT2D eigenvalue weighted by Gasteiger charge is 2.19. The summed E-state index contributed by atoms with van der Waals surface area (Å²) in [6, 6.07) is -0.361. The van der Waals surface area contributed by atoms with Crippen LogP contribution in [0.2, 0.25) is 0 Å². The second kappa shape index (κ2) is 3.48. The summed E-state index contributed by atoms with van der Waals surface area (Å²) in [7, 11) is 0. The van der Waals surface area contributed by atoms with Crippen LogP contribution < -0.4 is 5.73 Å². The predicted octanol–water partition coefficient (Wildman–Crippen LogP) is -0.865. The first kappa shape index (κ1) is 8.20. The largest absolute Gasteiger partial charge is 0.338 e. The lowest BCUT2D eigenvalue weighted by Crippen LogP contribution is -2.35. The maximum atomic E-state index is 11.1. The van der Waals surface area contributed by atoms with Crippen LogP contribution in [-0.4, -0.2) is 36.2 Å². The Morgan fingerprint density at radius 1 is 1.64 bits per heavy atom. The van der Waals surface area contributed by atoms with Gasteiger partial charge in [-0.25, -0.2) is 0 Å². The van der Waals surface area contributed by atoms with Gasteiger partial charge in [-0.05, 0) is 12.8 Å². The van der Waals surface area contributed by atoms with Gasteiger partial charge < -0.3 is 10.6 Å². The molecule has 0 radical (unpaired) electrons. The van der Waals surface area contributed by atoms with E-state index in [2.05, 4.69) is 0 Å². The molecular formula is C7H12N2O2. The Balaban J connectivity index is 2.54. The normalized spacial score (nSPS) is 26.5. The highest BCUT2D eigenvalue weighted by molar-refractivity contribution is 5.87. The number of hydrogen-bond acceptors (Lipinski definition) is 3. The van der Waals surface area contributed by atoms with Crippen molar-refractivity contribution in [3.05, 3.63) is 0 Å². The van der Waals surface area contributed by atoms with Crippen molar-refractivity contribution < 1.29 is 9.59 Å². The number of nitrogens with two attached hydrogens (primary N) is 1. The first-order valence-electron chi connectivity index (χ1n) is 3.71. The van der Waals surface area contributed by atoms with E-state index in [-0.39, 0.29) is 18.4 Å². The van der Waals surface area contributed by atoms with Crippen LogP contribution in [0, 0.1) is 0 Å². The summed E-state index contributed by atoms with van der Waals surface area (Å²) in [5.41, 5.74) is 5.50. The highest BCUT2D eigenvalue weighted by atomic mass is 16.1. The Morgan fingerprint density at radius 2 is 2.36 bits per heavy atom. The fourth-order valence-electron chi connectivity index (χ4n) is 1.16. The number of rotatable bonds is 1. The van der Waals surface area contributed by atoms with Crippen molar-refractivity contribution in [3.8, 4) is 0 Å². The van der Waals surface area contributed by atoms with Gasteiger partial charge in [0.2, 0.25) is 6.41 Å². The van der Waals surface area contributed by atoms with E-state index in [1.807, 2.05) is 0 Å². The molecule has 2 N–H and O–H groups in total. The lowest BCUT2D eigenvalue weighted by atomic mass is 10.1. The molecule has 1 aliphatic rings. The minimum atomic E-state index is -0.361. The van der Waals surface area contributed by atoms with Gasteiger partial charge in [0.1, 0.15) is 0 Å². The van der Waals surface area contributed by atoms with Crippen LogP contribution in [0.3, 0.4) is 0 Å². The van der Waals surface area contributed by atoms with Crippen molar-refractivity contribution >= 4 is 12.2 Å². The smallest absolute Gasteiger partial charge is 0.210 e. The Bertz CT molecular complexity index is 170. The van der Waals surface area contributed by atoms with Crippen LogP contribution in [-0.2, 0) is 9.59 Å². The fraction of sp³-hybridized carbons (Fsp3) is 0.714. The minimum absolute atomic E-state index is 0.0328. The number of Topliss-reactive ketones (excluding diaryl/α,β-unsaturated/α-hetero) is 1. The Labute approximate surface area is 65.3 Å². The quantitative estimate of drug-likeness (QED) is 0.502. The molecule has 1 amide bonds. The molecule has 1 saturated heterocycles. The Hall–Kier alpha value is -0.900. The standard InChI is InChI=1S/C7H12N2O2/c8-6-2-1-3-9(5-10)4-7(6)11/h5-6H,1-4,8H2. The topological polar surface area (TPSA) is 63.4 Å². The van der Waals surface area contributed by atoms with Crippen molar-refractivity contribution in [3.63, 3.8) is 0 Å². The third-order valence-corrected chi connectivity index (χ3v) is 1.88. The minimum Gasteiger partial charge on any atom is -0.338 e. The molecule has 1 aliphatic heterocycles. The lowest BCUT2D eigenvalue weighted by Gasteiger charge is -2.11. The molecule has 0 aromatic carbocycles. The molecular weight excluding hydrogens is 144 g/mol. The van der Waals surface area contributed by atoms with Crippen LogP contribution in [0.15, 0.2) is 0 Å². The van der Waals surface area contributed by atoms with Gasteiger partial charge in [0.05, 0.1) is 12.6 Å². The zero-order valence-electron chi connectivity index (χ0n) is 6.32. The van der Waals surface area contributed by atoms with Crippen LogP contribution >= 0.6 is 0 Å². The third kappa shape index (κ3) is 2.01. The number of nitrogens with zero attached hydrogens (tertiary/aromatic N) is 1. The highest BCUT2D eigenvalue weighted by Crippen LogP contribution is 2.04. The number of carbonyl (C=O) groups is 2. The first-order valence-corrected chi connectivity index (χ1v) is 3.71. The molecule has 1 fully saturated rings. The molecule has 0 aromatic rings. The Kier molecular flexibility index (Phi) is 2.59. The van der Waals surface area contributed by atoms with Crippen LogP contribution in [0.25, 0.3) is 0 Å². The maximum absolute atomic E-state index is 11.1. The summed E-state index contributed by atoms with van der Waals surface area (Å²) >= 11 is 0. The molecule has 4 heteroatoms. The molecule has 0 spiro atoms. The van der Waals surface area contributed by atoms with Crippen molar-refractivity contribution in [1.82, 2.24) is 4.90 Å². The summed E-state index contributed by atoms with van der Waals surface area (Å²) in [4.78, 5) is 22.8. The van der Waals surface area contributed by atoms with Gasteiger partial charge in [0, 0.05) is 6.54 Å². The van der Waals surface area contributed by atoms with Gasteiger partial charge in [-0.1, -0.05) is 0 Å². The van der Waals surface area contributed by atoms with Gasteiger partial charge >= 0.3 is 0 Å². The number of amides is 1.